The van der Waals surface area contributed by atoms with Gasteiger partial charge in [0.05, 0.1) is 0 Å². The van der Waals surface area contributed by atoms with Crippen LogP contribution in [0.3, 0.4) is 0 Å². The quantitative estimate of drug-likeness (QED) is 0.709. The van der Waals surface area contributed by atoms with E-state index in [1.54, 1.807) is 28.9 Å². The highest BCUT2D eigenvalue weighted by molar-refractivity contribution is 5.92. The Morgan fingerprint density at radius 1 is 1.04 bits per heavy atom. The SMILES string of the molecule is Cn1nccc1C(=O)N1CCN(c2ncnc(-c3ccccc3)c2F)CC1. The molecule has 3 heterocycles. The first-order valence-electron chi connectivity index (χ1n) is 8.73. The van der Waals surface area contributed by atoms with Gasteiger partial charge in [0.15, 0.2) is 11.6 Å². The Morgan fingerprint density at radius 3 is 2.44 bits per heavy atom. The van der Waals surface area contributed by atoms with E-state index in [1.807, 2.05) is 35.2 Å². The van der Waals surface area contributed by atoms with Crippen LogP contribution >= 0.6 is 0 Å². The maximum Gasteiger partial charge on any atom is 0.272 e. The number of benzene rings is 1. The number of carbonyl (C=O) groups is 1. The summed E-state index contributed by atoms with van der Waals surface area (Å²) in [5, 5.41) is 4.04. The molecule has 1 fully saturated rings. The fourth-order valence-electron chi connectivity index (χ4n) is 3.25. The number of halogens is 1. The number of carbonyl (C=O) groups excluding carboxylic acids is 1. The molecule has 0 spiro atoms. The highest BCUT2D eigenvalue weighted by atomic mass is 19.1. The van der Waals surface area contributed by atoms with Crippen LogP contribution in [-0.2, 0) is 7.05 Å². The number of aryl methyl sites for hydroxylation is 1. The third-order valence-electron chi connectivity index (χ3n) is 4.72. The van der Waals surface area contributed by atoms with E-state index < -0.39 is 5.82 Å². The predicted octanol–water partition coefficient (Wildman–Crippen LogP) is 1.98. The number of piperazine rings is 1. The summed E-state index contributed by atoms with van der Waals surface area (Å²) in [5.74, 6) is -0.227. The summed E-state index contributed by atoms with van der Waals surface area (Å²) >= 11 is 0. The van der Waals surface area contributed by atoms with Crippen molar-refractivity contribution in [3.63, 3.8) is 0 Å². The molecule has 1 saturated heterocycles. The molecule has 0 aliphatic carbocycles. The summed E-state index contributed by atoms with van der Waals surface area (Å²) in [4.78, 5) is 24.4. The molecule has 8 heteroatoms. The van der Waals surface area contributed by atoms with Crippen molar-refractivity contribution >= 4 is 11.7 Å². The molecule has 0 saturated carbocycles. The lowest BCUT2D eigenvalue weighted by molar-refractivity contribution is 0.0735. The van der Waals surface area contributed by atoms with E-state index in [4.69, 9.17) is 0 Å². The Balaban J connectivity index is 1.50. The Labute approximate surface area is 156 Å². The third kappa shape index (κ3) is 3.25. The van der Waals surface area contributed by atoms with Gasteiger partial charge in [0.25, 0.3) is 5.91 Å². The van der Waals surface area contributed by atoms with Crippen LogP contribution in [0.4, 0.5) is 10.2 Å². The van der Waals surface area contributed by atoms with Crippen molar-refractivity contribution in [3.8, 4) is 11.3 Å². The monoisotopic (exact) mass is 366 g/mol. The summed E-state index contributed by atoms with van der Waals surface area (Å²) < 4.78 is 16.6. The summed E-state index contributed by atoms with van der Waals surface area (Å²) in [7, 11) is 1.74. The minimum Gasteiger partial charge on any atom is -0.351 e. The predicted molar refractivity (Wildman–Crippen MR) is 98.8 cm³/mol. The second-order valence-electron chi connectivity index (χ2n) is 6.35. The molecular weight excluding hydrogens is 347 g/mol. The Hall–Kier alpha value is -3.29. The van der Waals surface area contributed by atoms with Crippen molar-refractivity contribution in [2.75, 3.05) is 31.1 Å². The number of nitrogens with zero attached hydrogens (tertiary/aromatic N) is 6. The second-order valence-corrected chi connectivity index (χ2v) is 6.35. The smallest absolute Gasteiger partial charge is 0.272 e. The van der Waals surface area contributed by atoms with E-state index in [0.29, 0.717) is 37.4 Å². The highest BCUT2D eigenvalue weighted by Crippen LogP contribution is 2.26. The van der Waals surface area contributed by atoms with E-state index in [-0.39, 0.29) is 17.4 Å². The van der Waals surface area contributed by atoms with Crippen molar-refractivity contribution in [3.05, 3.63) is 60.4 Å². The molecule has 4 rings (SSSR count). The first kappa shape index (κ1) is 17.1. The zero-order valence-corrected chi connectivity index (χ0v) is 14.9. The van der Waals surface area contributed by atoms with Gasteiger partial charge in [0.2, 0.25) is 0 Å². The number of hydrogen-bond acceptors (Lipinski definition) is 5. The van der Waals surface area contributed by atoms with Crippen molar-refractivity contribution in [2.24, 2.45) is 7.05 Å². The second kappa shape index (κ2) is 7.14. The molecule has 0 N–H and O–H groups in total. The van der Waals surface area contributed by atoms with Gasteiger partial charge in [0, 0.05) is 45.0 Å². The van der Waals surface area contributed by atoms with E-state index in [2.05, 4.69) is 15.1 Å². The van der Waals surface area contributed by atoms with Gasteiger partial charge in [0.1, 0.15) is 17.7 Å². The molecule has 1 aromatic carbocycles. The fraction of sp³-hybridized carbons (Fsp3) is 0.263. The van der Waals surface area contributed by atoms with E-state index >= 15 is 4.39 Å². The number of anilines is 1. The lowest BCUT2D eigenvalue weighted by atomic mass is 10.1. The van der Waals surface area contributed by atoms with Crippen molar-refractivity contribution in [1.82, 2.24) is 24.6 Å². The fourth-order valence-corrected chi connectivity index (χ4v) is 3.25. The summed E-state index contributed by atoms with van der Waals surface area (Å²) in [5.41, 5.74) is 1.54. The largest absolute Gasteiger partial charge is 0.351 e. The molecule has 1 aliphatic rings. The van der Waals surface area contributed by atoms with Crippen LogP contribution in [0.2, 0.25) is 0 Å². The van der Waals surface area contributed by atoms with Crippen LogP contribution in [0.5, 0.6) is 0 Å². The van der Waals surface area contributed by atoms with Crippen LogP contribution in [0.1, 0.15) is 10.5 Å². The molecule has 3 aromatic rings. The first-order chi connectivity index (χ1) is 13.1. The highest BCUT2D eigenvalue weighted by Gasteiger charge is 2.26. The van der Waals surface area contributed by atoms with Crippen LogP contribution < -0.4 is 4.90 Å². The number of amides is 1. The number of hydrogen-bond donors (Lipinski definition) is 0. The minimum atomic E-state index is -0.435. The van der Waals surface area contributed by atoms with E-state index in [1.165, 1.54) is 6.33 Å². The summed E-state index contributed by atoms with van der Waals surface area (Å²) in [6, 6.07) is 10.9. The summed E-state index contributed by atoms with van der Waals surface area (Å²) in [6.45, 7) is 2.00. The molecule has 1 aliphatic heterocycles. The molecule has 1 amide bonds. The molecule has 0 atom stereocenters. The van der Waals surface area contributed by atoms with Gasteiger partial charge in [-0.05, 0) is 6.07 Å². The van der Waals surface area contributed by atoms with Gasteiger partial charge in [-0.2, -0.15) is 5.10 Å². The van der Waals surface area contributed by atoms with Gasteiger partial charge >= 0.3 is 0 Å². The standard InChI is InChI=1S/C19H19FN6O/c1-24-15(7-8-23-24)19(27)26-11-9-25(10-12-26)18-16(20)17(21-13-22-18)14-5-3-2-4-6-14/h2-8,13H,9-12H2,1H3. The minimum absolute atomic E-state index is 0.0669. The molecule has 0 bridgehead atoms. The average molecular weight is 366 g/mol. The molecule has 0 radical (unpaired) electrons. The molecule has 27 heavy (non-hydrogen) atoms. The number of rotatable bonds is 3. The maximum absolute atomic E-state index is 15.0. The van der Waals surface area contributed by atoms with Crippen LogP contribution in [0, 0.1) is 5.82 Å². The van der Waals surface area contributed by atoms with Crippen molar-refractivity contribution in [1.29, 1.82) is 0 Å². The van der Waals surface area contributed by atoms with Gasteiger partial charge in [-0.25, -0.2) is 14.4 Å². The van der Waals surface area contributed by atoms with Gasteiger partial charge in [-0.3, -0.25) is 9.48 Å². The molecule has 0 unspecified atom stereocenters. The van der Waals surface area contributed by atoms with Crippen LogP contribution in [0.25, 0.3) is 11.3 Å². The zero-order chi connectivity index (χ0) is 18.8. The topological polar surface area (TPSA) is 67.2 Å². The van der Waals surface area contributed by atoms with E-state index in [9.17, 15) is 4.79 Å². The van der Waals surface area contributed by atoms with E-state index in [0.717, 1.165) is 0 Å². The van der Waals surface area contributed by atoms with Gasteiger partial charge in [-0.15, -0.1) is 0 Å². The molecular formula is C19H19FN6O. The molecule has 7 nitrogen and oxygen atoms in total. The molecule has 2 aromatic heterocycles. The average Bonchev–Trinajstić information content (AvgIpc) is 3.14. The first-order valence-corrected chi connectivity index (χ1v) is 8.73. The van der Waals surface area contributed by atoms with Crippen molar-refractivity contribution in [2.45, 2.75) is 0 Å². The normalized spacial score (nSPS) is 14.4. The van der Waals surface area contributed by atoms with Gasteiger partial charge < -0.3 is 9.80 Å². The Bertz CT molecular complexity index is 950. The zero-order valence-electron chi connectivity index (χ0n) is 14.9. The van der Waals surface area contributed by atoms with Crippen LogP contribution in [-0.4, -0.2) is 56.7 Å². The summed E-state index contributed by atoms with van der Waals surface area (Å²) in [6.07, 6.45) is 2.98. The maximum atomic E-state index is 15.0. The van der Waals surface area contributed by atoms with Crippen molar-refractivity contribution < 1.29 is 9.18 Å². The lowest BCUT2D eigenvalue weighted by Gasteiger charge is -2.35. The number of aromatic nitrogens is 4. The van der Waals surface area contributed by atoms with Gasteiger partial charge in [-0.1, -0.05) is 30.3 Å². The Morgan fingerprint density at radius 2 is 1.78 bits per heavy atom. The third-order valence-corrected chi connectivity index (χ3v) is 4.72. The lowest BCUT2D eigenvalue weighted by Crippen LogP contribution is -2.49. The van der Waals surface area contributed by atoms with Crippen LogP contribution in [0.15, 0.2) is 48.9 Å². The Kier molecular flexibility index (Phi) is 4.53. The molecule has 138 valence electrons.